The van der Waals surface area contributed by atoms with Crippen LogP contribution in [0.1, 0.15) is 74.3 Å². The summed E-state index contributed by atoms with van der Waals surface area (Å²) in [5.41, 5.74) is 5.99. The number of hydrogen-bond donors (Lipinski definition) is 2. The van der Waals surface area contributed by atoms with Gasteiger partial charge in [0.2, 0.25) is 15.9 Å². The molecule has 4 atom stereocenters. The topological polar surface area (TPSA) is 162 Å². The second-order valence-electron chi connectivity index (χ2n) is 18.2. The van der Waals surface area contributed by atoms with Crippen molar-refractivity contribution < 1.29 is 37.4 Å². The summed E-state index contributed by atoms with van der Waals surface area (Å²) in [5, 5.41) is 17.5. The van der Waals surface area contributed by atoms with E-state index in [1.807, 2.05) is 73.8 Å². The maximum atomic E-state index is 14.7. The van der Waals surface area contributed by atoms with Gasteiger partial charge in [0, 0.05) is 44.5 Å². The van der Waals surface area contributed by atoms with Crippen LogP contribution in [0.25, 0.3) is 11.1 Å². The number of aliphatic hydroxyl groups excluding tert-OH is 1. The van der Waals surface area contributed by atoms with Crippen LogP contribution in [0.15, 0.2) is 113 Å². The van der Waals surface area contributed by atoms with E-state index in [2.05, 4.69) is 29.6 Å². The number of hydrogen-bond acceptors (Lipinski definition) is 10. The van der Waals surface area contributed by atoms with Crippen LogP contribution >= 0.6 is 11.3 Å². The Morgan fingerprint density at radius 1 is 0.926 bits per heavy atom. The second-order valence-corrected chi connectivity index (χ2v) is 21.0. The summed E-state index contributed by atoms with van der Waals surface area (Å²) in [6, 6.07) is 30.0. The fraction of sp³-hybridized carbons (Fsp3) is 0.423. The van der Waals surface area contributed by atoms with Gasteiger partial charge in [-0.2, -0.15) is 4.31 Å². The molecule has 1 aliphatic heterocycles. The normalized spacial score (nSPS) is 16.9. The van der Waals surface area contributed by atoms with E-state index in [0.717, 1.165) is 53.5 Å². The lowest BCUT2D eigenvalue weighted by Gasteiger charge is -2.35. The number of methoxy groups -OCH3 is 1. The minimum absolute atomic E-state index is 0.0805. The number of carbonyl (C=O) groups excluding carboxylic acids is 3. The number of amides is 4. The molecule has 2 N–H and O–H groups in total. The highest BCUT2D eigenvalue weighted by molar-refractivity contribution is 7.89. The first-order valence-electron chi connectivity index (χ1n) is 23.6. The molecular weight excluding hydrogens is 901 g/mol. The minimum Gasteiger partial charge on any atom is -0.497 e. The first-order chi connectivity index (χ1) is 32.9. The van der Waals surface area contributed by atoms with Crippen molar-refractivity contribution in [3.63, 3.8) is 0 Å². The molecule has 1 saturated carbocycles. The standard InChI is InChI=1S/C52H62N6O8S2/c1-5-35(2)48(49(60)54-46(29-36-15-7-6-8-16-36)47(59)32-57(30-37-17-9-10-18-37)68(63,64)40-25-23-39(65-4)24-26-40)58-28-27-56(51(58)61)31-38-34-67-50(53-38)55(3)52(62)66-33-45-43-21-13-11-19-41(43)42-20-12-14-22-44(42)45/h6-8,11-16,19-26,34-35,37,45-48,59H,5,9-10,17-18,27-33H2,1-4H3,(H,54,60)/t35-,46-,47+,48-/m0/s1. The third-order valence-corrected chi connectivity index (χ3v) is 16.6. The minimum atomic E-state index is -4.04. The van der Waals surface area contributed by atoms with Crippen molar-refractivity contribution in [1.29, 1.82) is 0 Å². The van der Waals surface area contributed by atoms with Gasteiger partial charge in [0.05, 0.1) is 36.4 Å². The number of carbonyl (C=O) groups is 3. The van der Waals surface area contributed by atoms with Gasteiger partial charge in [-0.15, -0.1) is 11.3 Å². The van der Waals surface area contributed by atoms with Crippen LogP contribution in [0.3, 0.4) is 0 Å². The number of ether oxygens (including phenoxy) is 2. The van der Waals surface area contributed by atoms with Gasteiger partial charge in [0.15, 0.2) is 5.13 Å². The van der Waals surface area contributed by atoms with Crippen molar-refractivity contribution in [1.82, 2.24) is 24.4 Å². The Kier molecular flexibility index (Phi) is 15.5. The van der Waals surface area contributed by atoms with E-state index in [-0.39, 0.29) is 61.3 Å². The third kappa shape index (κ3) is 10.7. The van der Waals surface area contributed by atoms with E-state index in [4.69, 9.17) is 14.5 Å². The number of rotatable bonds is 20. The molecule has 68 heavy (non-hydrogen) atoms. The molecule has 2 aliphatic carbocycles. The number of aliphatic hydroxyl groups is 1. The van der Waals surface area contributed by atoms with Gasteiger partial charge in [-0.1, -0.05) is 112 Å². The van der Waals surface area contributed by atoms with Crippen LogP contribution in [0.4, 0.5) is 14.7 Å². The molecular formula is C52H62N6O8S2. The highest BCUT2D eigenvalue weighted by Gasteiger charge is 2.42. The summed E-state index contributed by atoms with van der Waals surface area (Å²) in [6.45, 7) is 4.90. The average molecular weight is 963 g/mol. The average Bonchev–Trinajstić information content (AvgIpc) is 4.18. The predicted octanol–water partition coefficient (Wildman–Crippen LogP) is 8.16. The molecule has 16 heteroatoms. The molecule has 4 aromatic carbocycles. The lowest BCUT2D eigenvalue weighted by Crippen LogP contribution is -2.57. The number of benzene rings is 4. The van der Waals surface area contributed by atoms with Gasteiger partial charge in [0.25, 0.3) is 0 Å². The van der Waals surface area contributed by atoms with Crippen LogP contribution in [0.5, 0.6) is 5.75 Å². The summed E-state index contributed by atoms with van der Waals surface area (Å²) in [4.78, 5) is 51.7. The van der Waals surface area contributed by atoms with Crippen molar-refractivity contribution in [3.05, 3.63) is 131 Å². The molecule has 8 rings (SSSR count). The van der Waals surface area contributed by atoms with Crippen molar-refractivity contribution >= 4 is 44.5 Å². The highest BCUT2D eigenvalue weighted by Crippen LogP contribution is 2.44. The second kappa shape index (κ2) is 21.6. The molecule has 360 valence electrons. The number of nitrogens with one attached hydrogen (secondary N) is 1. The van der Waals surface area contributed by atoms with Crippen LogP contribution in [0, 0.1) is 11.8 Å². The van der Waals surface area contributed by atoms with Gasteiger partial charge >= 0.3 is 12.1 Å². The van der Waals surface area contributed by atoms with Crippen molar-refractivity contribution in [2.24, 2.45) is 11.8 Å². The number of aromatic nitrogens is 1. The van der Waals surface area contributed by atoms with Crippen LogP contribution in [-0.4, -0.2) is 116 Å². The van der Waals surface area contributed by atoms with Gasteiger partial charge < -0.3 is 29.7 Å². The van der Waals surface area contributed by atoms with Crippen LogP contribution < -0.4 is 15.0 Å². The first kappa shape index (κ1) is 48.6. The maximum Gasteiger partial charge on any atom is 0.415 e. The number of anilines is 1. The monoisotopic (exact) mass is 962 g/mol. The zero-order valence-electron chi connectivity index (χ0n) is 39.2. The van der Waals surface area contributed by atoms with Gasteiger partial charge in [0.1, 0.15) is 18.4 Å². The van der Waals surface area contributed by atoms with Crippen molar-refractivity contribution in [3.8, 4) is 16.9 Å². The lowest BCUT2D eigenvalue weighted by atomic mass is 9.95. The Bertz CT molecular complexity index is 2600. The van der Waals surface area contributed by atoms with Crippen molar-refractivity contribution in [2.45, 2.75) is 87.9 Å². The fourth-order valence-corrected chi connectivity index (χ4v) is 12.1. The molecule has 0 radical (unpaired) electrons. The van der Waals surface area contributed by atoms with Gasteiger partial charge in [-0.05, 0) is 83.2 Å². The molecule has 4 amide bonds. The summed E-state index contributed by atoms with van der Waals surface area (Å²) < 4.78 is 41.1. The maximum absolute atomic E-state index is 14.7. The number of sulfonamides is 1. The molecule has 1 aromatic heterocycles. The molecule has 1 saturated heterocycles. The van der Waals surface area contributed by atoms with E-state index in [1.165, 1.54) is 39.8 Å². The van der Waals surface area contributed by atoms with Crippen molar-refractivity contribution in [2.75, 3.05) is 51.8 Å². The molecule has 0 spiro atoms. The Balaban J connectivity index is 0.936. The van der Waals surface area contributed by atoms with E-state index < -0.39 is 40.2 Å². The molecule has 5 aromatic rings. The zero-order valence-corrected chi connectivity index (χ0v) is 40.8. The molecule has 0 unspecified atom stereocenters. The summed E-state index contributed by atoms with van der Waals surface area (Å²) in [5.74, 6) is -0.0756. The Labute approximate surface area is 403 Å². The smallest absolute Gasteiger partial charge is 0.415 e. The summed E-state index contributed by atoms with van der Waals surface area (Å²) in [6.07, 6.45) is 2.84. The number of nitrogens with zero attached hydrogens (tertiary/aromatic N) is 5. The Hall–Kier alpha value is -5.81. The SMILES string of the molecule is CC[C@H](C)[C@@H](C(=O)N[C@@H](Cc1ccccc1)[C@H](O)CN(CC1CCCC1)S(=O)(=O)c1ccc(OC)cc1)N1CCN(Cc2csc(N(C)C(=O)OCC3c4ccccc4-c4ccccc43)n2)C1=O. The van der Waals surface area contributed by atoms with E-state index in [0.29, 0.717) is 36.1 Å². The van der Waals surface area contributed by atoms with E-state index >= 15 is 0 Å². The molecule has 14 nitrogen and oxygen atoms in total. The van der Waals surface area contributed by atoms with Gasteiger partial charge in [-0.3, -0.25) is 9.69 Å². The van der Waals surface area contributed by atoms with E-state index in [9.17, 15) is 27.9 Å². The number of fused-ring (bicyclic) bond motifs is 3. The molecule has 0 bridgehead atoms. The zero-order chi connectivity index (χ0) is 48.0. The molecule has 3 aliphatic rings. The Morgan fingerprint density at radius 3 is 2.22 bits per heavy atom. The highest BCUT2D eigenvalue weighted by atomic mass is 32.2. The third-order valence-electron chi connectivity index (χ3n) is 13.8. The molecule has 2 heterocycles. The largest absolute Gasteiger partial charge is 0.497 e. The van der Waals surface area contributed by atoms with Gasteiger partial charge in [-0.25, -0.2) is 23.0 Å². The summed E-state index contributed by atoms with van der Waals surface area (Å²) in [7, 11) is -0.906. The first-order valence-corrected chi connectivity index (χ1v) is 25.9. The molecule has 2 fully saturated rings. The Morgan fingerprint density at radius 2 is 1.57 bits per heavy atom. The summed E-state index contributed by atoms with van der Waals surface area (Å²) >= 11 is 1.28. The van der Waals surface area contributed by atoms with Crippen LogP contribution in [-0.2, 0) is 32.5 Å². The predicted molar refractivity (Wildman–Crippen MR) is 263 cm³/mol. The fourth-order valence-electron chi connectivity index (χ4n) is 9.83. The number of urea groups is 1. The van der Waals surface area contributed by atoms with Crippen LogP contribution in [0.2, 0.25) is 0 Å². The number of thiazole rings is 1. The lowest BCUT2D eigenvalue weighted by molar-refractivity contribution is -0.128. The quantitative estimate of drug-likeness (QED) is 0.0784. The van der Waals surface area contributed by atoms with E-state index in [1.54, 1.807) is 29.0 Å².